The zero-order chi connectivity index (χ0) is 19.8. The van der Waals surface area contributed by atoms with E-state index in [2.05, 4.69) is 24.9 Å². The number of carbonyl (C=O) groups excluding carboxylic acids is 1. The Morgan fingerprint density at radius 2 is 1.75 bits per heavy atom. The first-order valence-electron chi connectivity index (χ1n) is 9.48. The van der Waals surface area contributed by atoms with Crippen molar-refractivity contribution in [2.24, 2.45) is 0 Å². The maximum Gasteiger partial charge on any atom is 0.233 e. The number of fused-ring (bicyclic) bond motifs is 1. The topological polar surface area (TPSA) is 46.1 Å². The molecule has 0 aliphatic carbocycles. The van der Waals surface area contributed by atoms with Crippen molar-refractivity contribution in [2.45, 2.75) is 39.2 Å². The van der Waals surface area contributed by atoms with Gasteiger partial charge < -0.3 is 0 Å². The van der Waals surface area contributed by atoms with E-state index >= 15 is 0 Å². The lowest BCUT2D eigenvalue weighted by molar-refractivity contribution is -0.117. The number of nitrogens with zero attached hydrogens (tertiary/aromatic N) is 3. The monoisotopic (exact) mass is 375 g/mol. The average molecular weight is 375 g/mol. The molecule has 0 unspecified atom stereocenters. The van der Waals surface area contributed by atoms with Crippen LogP contribution in [-0.4, -0.2) is 15.9 Å². The Morgan fingerprint density at radius 1 is 1.04 bits per heavy atom. The summed E-state index contributed by atoms with van der Waals surface area (Å²) in [7, 11) is 0. The summed E-state index contributed by atoms with van der Waals surface area (Å²) < 4.78 is 13.3. The smallest absolute Gasteiger partial charge is 0.233 e. The Kier molecular flexibility index (Phi) is 4.67. The van der Waals surface area contributed by atoms with E-state index in [-0.39, 0.29) is 24.2 Å². The van der Waals surface area contributed by atoms with E-state index in [1.54, 1.807) is 23.2 Å². The molecule has 2 aromatic carbocycles. The number of halogens is 1. The van der Waals surface area contributed by atoms with E-state index in [1.807, 2.05) is 25.1 Å². The van der Waals surface area contributed by atoms with Crippen molar-refractivity contribution >= 4 is 11.7 Å². The number of carbonyl (C=O) groups is 1. The lowest BCUT2D eigenvalue weighted by atomic mass is 9.97. The van der Waals surface area contributed by atoms with Gasteiger partial charge in [-0.1, -0.05) is 50.2 Å². The predicted molar refractivity (Wildman–Crippen MR) is 108 cm³/mol. The van der Waals surface area contributed by atoms with E-state index < -0.39 is 0 Å². The number of hydrogen-bond acceptors (Lipinski definition) is 3. The number of amides is 1. The van der Waals surface area contributed by atoms with Gasteiger partial charge in [0.05, 0.1) is 12.5 Å². The minimum Gasteiger partial charge on any atom is -0.289 e. The second kappa shape index (κ2) is 7.15. The van der Waals surface area contributed by atoms with E-state index in [4.69, 9.17) is 4.98 Å². The molecule has 1 aliphatic rings. The van der Waals surface area contributed by atoms with Gasteiger partial charge in [-0.25, -0.2) is 14.4 Å². The summed E-state index contributed by atoms with van der Waals surface area (Å²) >= 11 is 0. The second-order valence-corrected chi connectivity index (χ2v) is 7.45. The fourth-order valence-corrected chi connectivity index (χ4v) is 3.72. The van der Waals surface area contributed by atoms with Gasteiger partial charge in [-0.3, -0.25) is 9.69 Å². The lowest BCUT2D eigenvalue weighted by Gasteiger charge is -2.25. The summed E-state index contributed by atoms with van der Waals surface area (Å²) in [5.74, 6) is 1.29. The fraction of sp³-hybridized carbons (Fsp3) is 0.261. The van der Waals surface area contributed by atoms with Crippen molar-refractivity contribution in [3.05, 3.63) is 77.2 Å². The maximum atomic E-state index is 13.3. The van der Waals surface area contributed by atoms with E-state index in [0.717, 1.165) is 16.7 Å². The van der Waals surface area contributed by atoms with Gasteiger partial charge in [0.1, 0.15) is 11.6 Å². The summed E-state index contributed by atoms with van der Waals surface area (Å²) in [5, 5.41) is 0. The summed E-state index contributed by atoms with van der Waals surface area (Å²) in [4.78, 5) is 23.7. The first-order valence-corrected chi connectivity index (χ1v) is 9.48. The molecular weight excluding hydrogens is 353 g/mol. The van der Waals surface area contributed by atoms with Gasteiger partial charge in [0.15, 0.2) is 5.82 Å². The number of aromatic nitrogens is 2. The van der Waals surface area contributed by atoms with Gasteiger partial charge in [-0.15, -0.1) is 0 Å². The zero-order valence-electron chi connectivity index (χ0n) is 16.2. The maximum absolute atomic E-state index is 13.3. The Labute approximate surface area is 164 Å². The predicted octanol–water partition coefficient (Wildman–Crippen LogP) is 5.06. The van der Waals surface area contributed by atoms with Crippen molar-refractivity contribution < 1.29 is 9.18 Å². The fourth-order valence-electron chi connectivity index (χ4n) is 3.72. The van der Waals surface area contributed by atoms with Crippen LogP contribution in [0.3, 0.4) is 0 Å². The first kappa shape index (κ1) is 18.3. The number of rotatable bonds is 4. The molecule has 28 heavy (non-hydrogen) atoms. The standard InChI is InChI=1S/C23H22FN3O/c1-14(2)19-6-4-5-7-20(19)22-25-13-17-12-21(28)27(23(17)26-22)15(3)16-8-10-18(24)11-9-16/h4-11,13-15H,12H2,1-3H3/t15-/m0/s1. The minimum absolute atomic E-state index is 0.0181. The molecule has 5 heteroatoms. The van der Waals surface area contributed by atoms with Gasteiger partial charge in [0, 0.05) is 17.3 Å². The molecule has 142 valence electrons. The van der Waals surface area contributed by atoms with Crippen LogP contribution >= 0.6 is 0 Å². The minimum atomic E-state index is -0.293. The Hall–Kier alpha value is -3.08. The van der Waals surface area contributed by atoms with Gasteiger partial charge >= 0.3 is 0 Å². The van der Waals surface area contributed by atoms with Gasteiger partial charge in [0.2, 0.25) is 5.91 Å². The van der Waals surface area contributed by atoms with E-state index in [0.29, 0.717) is 17.6 Å². The van der Waals surface area contributed by atoms with Gasteiger partial charge in [0.25, 0.3) is 0 Å². The van der Waals surface area contributed by atoms with Crippen LogP contribution in [0.25, 0.3) is 11.4 Å². The van der Waals surface area contributed by atoms with Crippen LogP contribution < -0.4 is 4.90 Å². The molecule has 0 N–H and O–H groups in total. The largest absolute Gasteiger partial charge is 0.289 e. The molecule has 1 amide bonds. The van der Waals surface area contributed by atoms with Crippen molar-refractivity contribution in [1.29, 1.82) is 0 Å². The van der Waals surface area contributed by atoms with E-state index in [9.17, 15) is 9.18 Å². The average Bonchev–Trinajstić information content (AvgIpc) is 3.02. The second-order valence-electron chi connectivity index (χ2n) is 7.45. The molecule has 2 heterocycles. The number of anilines is 1. The third kappa shape index (κ3) is 3.17. The molecule has 0 spiro atoms. The summed E-state index contributed by atoms with van der Waals surface area (Å²) in [6, 6.07) is 14.1. The molecule has 0 bridgehead atoms. The highest BCUT2D eigenvalue weighted by atomic mass is 19.1. The Morgan fingerprint density at radius 3 is 2.46 bits per heavy atom. The highest BCUT2D eigenvalue weighted by Gasteiger charge is 2.34. The molecular formula is C23H22FN3O. The van der Waals surface area contributed by atoms with Crippen molar-refractivity contribution in [1.82, 2.24) is 9.97 Å². The Bertz CT molecular complexity index is 1030. The van der Waals surface area contributed by atoms with Gasteiger partial charge in [-0.2, -0.15) is 0 Å². The molecule has 1 aromatic heterocycles. The summed E-state index contributed by atoms with van der Waals surface area (Å²) in [6.07, 6.45) is 2.04. The normalized spacial score (nSPS) is 14.5. The van der Waals surface area contributed by atoms with Gasteiger partial charge in [-0.05, 0) is 36.1 Å². The SMILES string of the molecule is CC(C)c1ccccc1-c1ncc2c(n1)N([C@@H](C)c1ccc(F)cc1)C(=O)C2. The summed E-state index contributed by atoms with van der Waals surface area (Å²) in [5.41, 5.74) is 3.84. The van der Waals surface area contributed by atoms with Crippen molar-refractivity contribution in [3.63, 3.8) is 0 Å². The summed E-state index contributed by atoms with van der Waals surface area (Å²) in [6.45, 7) is 6.21. The van der Waals surface area contributed by atoms with Crippen LogP contribution in [0.4, 0.5) is 10.2 Å². The molecule has 3 aromatic rings. The quantitative estimate of drug-likeness (QED) is 0.641. The third-order valence-corrected chi connectivity index (χ3v) is 5.24. The molecule has 1 atom stereocenters. The van der Waals surface area contributed by atoms with Crippen molar-refractivity contribution in [2.75, 3.05) is 4.90 Å². The van der Waals surface area contributed by atoms with Crippen LogP contribution in [0.15, 0.2) is 54.7 Å². The lowest BCUT2D eigenvalue weighted by Crippen LogP contribution is -2.30. The third-order valence-electron chi connectivity index (χ3n) is 5.24. The molecule has 1 aliphatic heterocycles. The molecule has 0 fully saturated rings. The molecule has 4 rings (SSSR count). The van der Waals surface area contributed by atoms with Crippen LogP contribution in [0.2, 0.25) is 0 Å². The molecule has 4 nitrogen and oxygen atoms in total. The highest BCUT2D eigenvalue weighted by molar-refractivity contribution is 6.01. The van der Waals surface area contributed by atoms with Crippen LogP contribution in [-0.2, 0) is 11.2 Å². The zero-order valence-corrected chi connectivity index (χ0v) is 16.2. The van der Waals surface area contributed by atoms with Crippen LogP contribution in [0, 0.1) is 5.82 Å². The molecule has 0 saturated carbocycles. The van der Waals surface area contributed by atoms with Crippen molar-refractivity contribution in [3.8, 4) is 11.4 Å². The number of benzene rings is 2. The molecule has 0 radical (unpaired) electrons. The van der Waals surface area contributed by atoms with Crippen LogP contribution in [0.5, 0.6) is 0 Å². The first-order chi connectivity index (χ1) is 13.5. The van der Waals surface area contributed by atoms with E-state index in [1.165, 1.54) is 17.7 Å². The number of hydrogen-bond donors (Lipinski definition) is 0. The Balaban J connectivity index is 1.77. The highest BCUT2D eigenvalue weighted by Crippen LogP contribution is 2.36. The molecule has 0 saturated heterocycles. The van der Waals surface area contributed by atoms with Crippen LogP contribution in [0.1, 0.15) is 49.4 Å².